The molecule has 0 saturated carbocycles. The summed E-state index contributed by atoms with van der Waals surface area (Å²) in [7, 11) is 0. The number of rotatable bonds is 6. The second-order valence-corrected chi connectivity index (χ2v) is 7.62. The van der Waals surface area contributed by atoms with E-state index in [4.69, 9.17) is 9.47 Å². The fourth-order valence-electron chi connectivity index (χ4n) is 3.72. The summed E-state index contributed by atoms with van der Waals surface area (Å²) in [6.07, 6.45) is 0.600. The van der Waals surface area contributed by atoms with Crippen molar-refractivity contribution in [3.05, 3.63) is 119 Å². The van der Waals surface area contributed by atoms with Gasteiger partial charge in [0, 0.05) is 5.56 Å². The molecule has 4 aromatic rings. The fourth-order valence-corrected chi connectivity index (χ4v) is 3.72. The first-order chi connectivity index (χ1) is 16.1. The number of ether oxygens (including phenoxy) is 2. The van der Waals surface area contributed by atoms with Crippen LogP contribution in [0.1, 0.15) is 38.8 Å². The minimum absolute atomic E-state index is 0.246. The maximum Gasteiger partial charge on any atom is 0.343 e. The average Bonchev–Trinajstić information content (AvgIpc) is 2.87. The fraction of sp³-hybridized carbons (Fsp3) is 0.103. The molecule has 4 heteroatoms. The summed E-state index contributed by atoms with van der Waals surface area (Å²) in [4.78, 5) is 26.0. The molecular weight excluding hydrogens is 412 g/mol. The van der Waals surface area contributed by atoms with Gasteiger partial charge in [-0.15, -0.1) is 0 Å². The SMILES string of the molecule is CCc1cc(C)c(-c2ccccc2)c(OC(=O)c2ccccc2)c1OC(=O)c1ccccc1. The monoisotopic (exact) mass is 436 g/mol. The predicted octanol–water partition coefficient (Wildman–Crippen LogP) is 6.66. The Morgan fingerprint density at radius 1 is 0.667 bits per heavy atom. The number of carbonyl (C=O) groups is 2. The topological polar surface area (TPSA) is 52.6 Å². The van der Waals surface area contributed by atoms with Crippen LogP contribution in [0.4, 0.5) is 0 Å². The molecule has 164 valence electrons. The van der Waals surface area contributed by atoms with Crippen LogP contribution in [0.15, 0.2) is 97.1 Å². The van der Waals surface area contributed by atoms with Gasteiger partial charge in [0.2, 0.25) is 0 Å². The first-order valence-corrected chi connectivity index (χ1v) is 10.8. The lowest BCUT2D eigenvalue weighted by Gasteiger charge is -2.20. The van der Waals surface area contributed by atoms with E-state index in [1.165, 1.54) is 0 Å². The summed E-state index contributed by atoms with van der Waals surface area (Å²) >= 11 is 0. The largest absolute Gasteiger partial charge is 0.419 e. The normalized spacial score (nSPS) is 10.5. The molecule has 4 nitrogen and oxygen atoms in total. The molecule has 0 aliphatic carbocycles. The van der Waals surface area contributed by atoms with Crippen LogP contribution >= 0.6 is 0 Å². The Morgan fingerprint density at radius 2 is 1.12 bits per heavy atom. The van der Waals surface area contributed by atoms with Gasteiger partial charge in [0.25, 0.3) is 0 Å². The highest BCUT2D eigenvalue weighted by Crippen LogP contribution is 2.44. The van der Waals surface area contributed by atoms with Crippen molar-refractivity contribution in [1.29, 1.82) is 0 Å². The third-order valence-electron chi connectivity index (χ3n) is 5.36. The summed E-state index contributed by atoms with van der Waals surface area (Å²) in [5, 5.41) is 0. The van der Waals surface area contributed by atoms with E-state index in [-0.39, 0.29) is 11.5 Å². The summed E-state index contributed by atoms with van der Waals surface area (Å²) in [6, 6.07) is 29.2. The van der Waals surface area contributed by atoms with Crippen LogP contribution in [0.25, 0.3) is 11.1 Å². The van der Waals surface area contributed by atoms with Crippen LogP contribution < -0.4 is 9.47 Å². The van der Waals surface area contributed by atoms with Gasteiger partial charge >= 0.3 is 11.9 Å². The molecule has 4 aromatic carbocycles. The average molecular weight is 437 g/mol. The number of esters is 2. The Hall–Kier alpha value is -4.18. The zero-order chi connectivity index (χ0) is 23.2. The maximum atomic E-state index is 13.1. The zero-order valence-electron chi connectivity index (χ0n) is 18.6. The minimum atomic E-state index is -0.516. The van der Waals surface area contributed by atoms with E-state index in [1.807, 2.05) is 62.4 Å². The second kappa shape index (κ2) is 9.96. The molecule has 33 heavy (non-hydrogen) atoms. The van der Waals surface area contributed by atoms with Crippen LogP contribution in [-0.4, -0.2) is 11.9 Å². The number of benzene rings is 4. The van der Waals surface area contributed by atoms with Gasteiger partial charge < -0.3 is 9.47 Å². The number of carbonyl (C=O) groups excluding carboxylic acids is 2. The van der Waals surface area contributed by atoms with Crippen molar-refractivity contribution >= 4 is 11.9 Å². The Kier molecular flexibility index (Phi) is 6.65. The molecule has 0 saturated heterocycles. The molecule has 0 heterocycles. The highest BCUT2D eigenvalue weighted by Gasteiger charge is 2.25. The second-order valence-electron chi connectivity index (χ2n) is 7.62. The molecule has 0 aliphatic heterocycles. The molecular formula is C29H24O4. The lowest BCUT2D eigenvalue weighted by molar-refractivity contribution is 0.0682. The number of hydrogen-bond acceptors (Lipinski definition) is 4. The van der Waals surface area contributed by atoms with Gasteiger partial charge in [-0.2, -0.15) is 0 Å². The van der Waals surface area contributed by atoms with Crippen LogP contribution in [0, 0.1) is 6.92 Å². The summed E-state index contributed by atoms with van der Waals surface area (Å²) in [5.41, 5.74) is 4.12. The van der Waals surface area contributed by atoms with Crippen molar-refractivity contribution in [2.75, 3.05) is 0 Å². The van der Waals surface area contributed by atoms with Crippen molar-refractivity contribution in [3.63, 3.8) is 0 Å². The van der Waals surface area contributed by atoms with Crippen LogP contribution in [0.3, 0.4) is 0 Å². The van der Waals surface area contributed by atoms with E-state index in [9.17, 15) is 9.59 Å². The van der Waals surface area contributed by atoms with Crippen LogP contribution in [0.5, 0.6) is 11.5 Å². The van der Waals surface area contributed by atoms with Gasteiger partial charge in [-0.05, 0) is 54.3 Å². The van der Waals surface area contributed by atoms with Crippen molar-refractivity contribution in [2.24, 2.45) is 0 Å². The van der Waals surface area contributed by atoms with Crippen LogP contribution in [0.2, 0.25) is 0 Å². The highest BCUT2D eigenvalue weighted by atomic mass is 16.6. The molecule has 0 fully saturated rings. The molecule has 0 aromatic heterocycles. The van der Waals surface area contributed by atoms with Gasteiger partial charge in [0.15, 0.2) is 11.5 Å². The molecule has 0 radical (unpaired) electrons. The molecule has 0 unspecified atom stereocenters. The molecule has 0 N–H and O–H groups in total. The van der Waals surface area contributed by atoms with Crippen LogP contribution in [-0.2, 0) is 6.42 Å². The Morgan fingerprint density at radius 3 is 1.61 bits per heavy atom. The molecule has 0 spiro atoms. The molecule has 4 rings (SSSR count). The maximum absolute atomic E-state index is 13.1. The van der Waals surface area contributed by atoms with E-state index in [0.717, 1.165) is 16.7 Å². The van der Waals surface area contributed by atoms with Gasteiger partial charge in [0.05, 0.1) is 11.1 Å². The number of hydrogen-bond donors (Lipinski definition) is 0. The highest BCUT2D eigenvalue weighted by molar-refractivity contribution is 5.95. The predicted molar refractivity (Wildman–Crippen MR) is 129 cm³/mol. The lowest BCUT2D eigenvalue weighted by atomic mass is 9.95. The van der Waals surface area contributed by atoms with E-state index in [0.29, 0.717) is 23.1 Å². The minimum Gasteiger partial charge on any atom is -0.419 e. The van der Waals surface area contributed by atoms with Crippen molar-refractivity contribution in [2.45, 2.75) is 20.3 Å². The van der Waals surface area contributed by atoms with E-state index >= 15 is 0 Å². The first-order valence-electron chi connectivity index (χ1n) is 10.8. The van der Waals surface area contributed by atoms with Gasteiger partial charge in [-0.25, -0.2) is 9.59 Å². The van der Waals surface area contributed by atoms with E-state index in [2.05, 4.69) is 0 Å². The van der Waals surface area contributed by atoms with Crippen molar-refractivity contribution < 1.29 is 19.1 Å². The first kappa shape index (κ1) is 22.0. The zero-order valence-corrected chi connectivity index (χ0v) is 18.6. The quantitative estimate of drug-likeness (QED) is 0.250. The van der Waals surface area contributed by atoms with Crippen molar-refractivity contribution in [1.82, 2.24) is 0 Å². The van der Waals surface area contributed by atoms with E-state index < -0.39 is 11.9 Å². The molecule has 0 atom stereocenters. The van der Waals surface area contributed by atoms with Gasteiger partial charge in [-0.1, -0.05) is 79.7 Å². The Balaban J connectivity index is 1.87. The molecule has 0 aliphatic rings. The van der Waals surface area contributed by atoms with Gasteiger partial charge in [-0.3, -0.25) is 0 Å². The molecule has 0 amide bonds. The van der Waals surface area contributed by atoms with E-state index in [1.54, 1.807) is 48.5 Å². The summed E-state index contributed by atoms with van der Waals surface area (Å²) < 4.78 is 11.9. The smallest absolute Gasteiger partial charge is 0.343 e. The third-order valence-corrected chi connectivity index (χ3v) is 5.36. The lowest BCUT2D eigenvalue weighted by Crippen LogP contribution is -2.15. The van der Waals surface area contributed by atoms with Crippen molar-refractivity contribution in [3.8, 4) is 22.6 Å². The van der Waals surface area contributed by atoms with Gasteiger partial charge in [0.1, 0.15) is 0 Å². The summed E-state index contributed by atoms with van der Waals surface area (Å²) in [6.45, 7) is 3.93. The third kappa shape index (κ3) is 4.85. The Bertz CT molecular complexity index is 1260. The standard InChI is InChI=1S/C29H24O4/c1-3-21-19-20(2)25(22-13-7-4-8-14-22)27(33-29(31)24-17-11-6-12-18-24)26(21)32-28(30)23-15-9-5-10-16-23/h4-19H,3H2,1-2H3. The summed E-state index contributed by atoms with van der Waals surface area (Å²) in [5.74, 6) is -0.515. The molecule has 0 bridgehead atoms. The number of aryl methyl sites for hydroxylation is 2. The Labute approximate surface area is 193 Å².